The van der Waals surface area contributed by atoms with E-state index < -0.39 is 29.5 Å². The summed E-state index contributed by atoms with van der Waals surface area (Å²) in [5.74, 6) is 0.513. The van der Waals surface area contributed by atoms with Crippen molar-refractivity contribution in [2.45, 2.75) is 190 Å². The quantitative estimate of drug-likeness (QED) is 0.0192. The molecule has 0 spiro atoms. The first-order valence-electron chi connectivity index (χ1n) is 49.4. The third-order valence-electron chi connectivity index (χ3n) is 28.1. The van der Waals surface area contributed by atoms with E-state index in [1.807, 2.05) is 67.6 Å². The smallest absolute Gasteiger partial charge is 0.416 e. The molecule has 4 atom stereocenters. The van der Waals surface area contributed by atoms with Gasteiger partial charge in [-0.15, -0.1) is 0 Å². The lowest BCUT2D eigenvalue weighted by atomic mass is 9.86. The molecule has 3 aliphatic carbocycles. The molecule has 0 aromatic heterocycles. The Morgan fingerprint density at radius 2 is 0.701 bits per heavy atom. The second-order valence-electron chi connectivity index (χ2n) is 38.4. The molecular formula is C109H140Cl2F7N15O4. The molecule has 4 aliphatic heterocycles. The first kappa shape index (κ1) is 105. The third kappa shape index (κ3) is 32.6. The maximum absolute atomic E-state index is 13.1. The molecule has 0 radical (unpaired) electrons. The Labute approximate surface area is 816 Å². The highest BCUT2D eigenvalue weighted by Crippen LogP contribution is 2.37. The molecule has 9 aromatic rings. The SMILES string of the molecule is CC(C)(C)c1ccc(C(CNCCc2cc(Cl)cc(Cl)c2)N2CCN(C3CCCCC3)CC2)cc1.COc1ccc(C(CNC(=O)Nc2ccc(C)cc2)N2CCN(c3ccccc3)CC2)cc1.O=C(NCC(c1ccc(C(F)(F)F)cc1)N1CCN(C2CCCCC2)CC1)Nc1ccc(C(F)(F)F)cc1.O=C(NCC(c1ccccc1)N1CCN(C2CCCCC2)CC1)Nc1ccc(F)cc1. The van der Waals surface area contributed by atoms with E-state index in [1.165, 1.54) is 179 Å². The van der Waals surface area contributed by atoms with Gasteiger partial charge in [-0.05, 0) is 212 Å². The number of nitrogens with one attached hydrogen (secondary N) is 7. The topological polar surface area (TPSA) is 171 Å². The fourth-order valence-corrected chi connectivity index (χ4v) is 20.7. The highest BCUT2D eigenvalue weighted by molar-refractivity contribution is 6.34. The molecule has 3 saturated carbocycles. The number of urea groups is 3. The number of hydrogen-bond donors (Lipinski definition) is 7. The Morgan fingerprint density at radius 1 is 0.380 bits per heavy atom. The predicted octanol–water partition coefficient (Wildman–Crippen LogP) is 23.0. The van der Waals surface area contributed by atoms with Gasteiger partial charge < -0.3 is 46.9 Å². The number of ether oxygens (including phenoxy) is 1. The molecule has 7 N–H and O–H groups in total. The number of amides is 6. The van der Waals surface area contributed by atoms with Crippen LogP contribution in [0.3, 0.4) is 0 Å². The van der Waals surface area contributed by atoms with Gasteiger partial charge in [-0.25, -0.2) is 18.8 Å². The molecule has 0 bridgehead atoms. The van der Waals surface area contributed by atoms with Gasteiger partial charge in [0.05, 0.1) is 36.4 Å². The lowest BCUT2D eigenvalue weighted by Gasteiger charge is -2.43. The number of alkyl halides is 6. The number of carbonyl (C=O) groups is 3. The standard InChI is InChI=1S/C30H43Cl2N3.C27H32F6N4O.C27H32N4O2.C25H33FN4O/c1-30(2,3)25-11-9-24(10-12-25)29(22-33-14-13-23-19-26(31)21-27(32)20-23)35-17-15-34(16-18-35)28-7-5-4-6-8-28;28-26(29,30)20-8-6-19(7-9-20)24(37-16-14-36(15-17-37)23-4-2-1-3-5-23)18-34-25(38)35-22-12-10-21(11-13-22)27(31,32)33;1-21-8-12-23(13-9-21)29-27(32)28-20-26(22-10-14-25(33-2)15-11-22)31-18-16-30(17-19-31)24-6-4-3-5-7-24;26-21-11-13-22(14-12-21)28-25(31)27-19-24(20-7-3-1-4-8-20)30-17-15-29(16-18-30)23-9-5-2-6-10-23/h9-12,19-21,28-29,33H,4-8,13-18,22H2,1-3H3;6-13,23-24H,1-5,14-18H2,(H2,34,35,38);3-15,26H,16-20H2,1-2H3,(H2,28,29,32);1,3-4,7-8,11-14,23-24H,2,5-6,9-10,15-19H2,(H2,27,28,31). The largest absolute Gasteiger partial charge is 0.497 e. The van der Waals surface area contributed by atoms with Crippen molar-refractivity contribution in [1.82, 2.24) is 55.6 Å². The van der Waals surface area contributed by atoms with Crippen LogP contribution in [-0.2, 0) is 24.2 Å². The molecule has 9 aromatic carbocycles. The van der Waals surface area contributed by atoms with Crippen molar-refractivity contribution in [3.63, 3.8) is 0 Å². The fraction of sp³-hybridized carbons (Fsp3) is 0.477. The summed E-state index contributed by atoms with van der Waals surface area (Å²) < 4.78 is 96.1. The monoisotopic (exact) mass is 1930 g/mol. The van der Waals surface area contributed by atoms with E-state index in [-0.39, 0.29) is 53.7 Å². The number of halogens is 9. The summed E-state index contributed by atoms with van der Waals surface area (Å²) in [5.41, 5.74) is 9.63. The molecule has 7 aliphatic rings. The molecule has 137 heavy (non-hydrogen) atoms. The van der Waals surface area contributed by atoms with E-state index >= 15 is 0 Å². The molecule has 4 heterocycles. The van der Waals surface area contributed by atoms with Crippen molar-refractivity contribution in [2.75, 3.05) is 165 Å². The Morgan fingerprint density at radius 3 is 1.07 bits per heavy atom. The van der Waals surface area contributed by atoms with E-state index in [0.717, 1.165) is 151 Å². The lowest BCUT2D eigenvalue weighted by Crippen LogP contribution is -2.53. The minimum atomic E-state index is -4.48. The Kier molecular flexibility index (Phi) is 39.6. The lowest BCUT2D eigenvalue weighted by molar-refractivity contribution is -0.138. The molecule has 4 saturated heterocycles. The summed E-state index contributed by atoms with van der Waals surface area (Å²) in [4.78, 5) is 57.7. The van der Waals surface area contributed by atoms with Crippen molar-refractivity contribution in [3.05, 3.63) is 290 Å². The van der Waals surface area contributed by atoms with Crippen LogP contribution in [0.25, 0.3) is 0 Å². The highest BCUT2D eigenvalue weighted by atomic mass is 35.5. The van der Waals surface area contributed by atoms with Crippen LogP contribution in [0, 0.1) is 12.7 Å². The van der Waals surface area contributed by atoms with Gasteiger partial charge in [-0.3, -0.25) is 34.3 Å². The van der Waals surface area contributed by atoms with Gasteiger partial charge in [-0.2, -0.15) is 26.3 Å². The van der Waals surface area contributed by atoms with Crippen LogP contribution >= 0.6 is 23.2 Å². The molecular weight excluding hydrogens is 1790 g/mol. The second kappa shape index (κ2) is 51.9. The number of methoxy groups -OCH3 is 1. The minimum absolute atomic E-state index is 0.0811. The van der Waals surface area contributed by atoms with Gasteiger partial charge >= 0.3 is 30.4 Å². The fourth-order valence-electron chi connectivity index (χ4n) is 20.2. The minimum Gasteiger partial charge on any atom is -0.497 e. The van der Waals surface area contributed by atoms with E-state index in [2.05, 4.69) is 182 Å². The number of carbonyl (C=O) groups excluding carboxylic acids is 3. The van der Waals surface area contributed by atoms with E-state index in [9.17, 15) is 45.1 Å². The maximum Gasteiger partial charge on any atom is 0.416 e. The summed E-state index contributed by atoms with van der Waals surface area (Å²) in [6.45, 7) is 27.7. The van der Waals surface area contributed by atoms with Crippen molar-refractivity contribution in [2.24, 2.45) is 0 Å². The van der Waals surface area contributed by atoms with Gasteiger partial charge in [0, 0.05) is 188 Å². The van der Waals surface area contributed by atoms with Gasteiger partial charge in [-0.1, -0.05) is 217 Å². The van der Waals surface area contributed by atoms with Crippen LogP contribution < -0.4 is 46.9 Å². The van der Waals surface area contributed by atoms with Gasteiger partial charge in [0.1, 0.15) is 11.6 Å². The molecule has 16 rings (SSSR count). The van der Waals surface area contributed by atoms with Crippen LogP contribution in [0.15, 0.2) is 224 Å². The number of piperazine rings is 4. The average molecular weight is 1930 g/mol. The van der Waals surface area contributed by atoms with Gasteiger partial charge in [0.15, 0.2) is 0 Å². The summed E-state index contributed by atoms with van der Waals surface area (Å²) in [5, 5.41) is 22.2. The zero-order chi connectivity index (χ0) is 96.7. The summed E-state index contributed by atoms with van der Waals surface area (Å²) >= 11 is 12.4. The van der Waals surface area contributed by atoms with Crippen LogP contribution in [0.1, 0.15) is 191 Å². The average Bonchev–Trinajstić information content (AvgIpc) is 0.819. The summed E-state index contributed by atoms with van der Waals surface area (Å²) in [6.07, 6.45) is 12.0. The number of nitrogens with zero attached hydrogens (tertiary/aromatic N) is 8. The third-order valence-corrected chi connectivity index (χ3v) is 28.5. The maximum atomic E-state index is 13.1. The first-order chi connectivity index (χ1) is 66.1. The van der Waals surface area contributed by atoms with Crippen LogP contribution in [-0.4, -0.2) is 215 Å². The van der Waals surface area contributed by atoms with Crippen LogP contribution in [0.2, 0.25) is 10.0 Å². The molecule has 738 valence electrons. The van der Waals surface area contributed by atoms with Crippen LogP contribution in [0.4, 0.5) is 67.9 Å². The molecule has 28 heteroatoms. The summed E-state index contributed by atoms with van der Waals surface area (Å²) in [6, 6.07) is 68.3. The van der Waals surface area contributed by atoms with Gasteiger partial charge in [0.25, 0.3) is 0 Å². The van der Waals surface area contributed by atoms with Gasteiger partial charge in [0.2, 0.25) is 0 Å². The molecule has 6 amide bonds. The number of rotatable bonds is 27. The zero-order valence-corrected chi connectivity index (χ0v) is 81.7. The molecule has 19 nitrogen and oxygen atoms in total. The number of para-hydroxylation sites is 1. The first-order valence-corrected chi connectivity index (χ1v) is 50.1. The Balaban J connectivity index is 0.000000155. The molecule has 4 unspecified atom stereocenters. The number of anilines is 4. The van der Waals surface area contributed by atoms with Crippen molar-refractivity contribution in [1.29, 1.82) is 0 Å². The van der Waals surface area contributed by atoms with Crippen molar-refractivity contribution >= 4 is 64.0 Å². The normalized spacial score (nSPS) is 18.4. The Hall–Kier alpha value is -9.84. The van der Waals surface area contributed by atoms with Crippen LogP contribution in [0.5, 0.6) is 5.75 Å². The molecule has 7 fully saturated rings. The summed E-state index contributed by atoms with van der Waals surface area (Å²) in [7, 11) is 1.67. The Bertz CT molecular complexity index is 5060. The zero-order valence-electron chi connectivity index (χ0n) is 80.2. The number of aryl methyl sites for hydroxylation is 1. The van der Waals surface area contributed by atoms with Crippen molar-refractivity contribution in [3.8, 4) is 5.75 Å². The van der Waals surface area contributed by atoms with E-state index in [1.54, 1.807) is 25.3 Å². The second-order valence-corrected chi connectivity index (χ2v) is 39.2. The number of benzene rings is 9. The number of hydrogen-bond acceptors (Lipinski definition) is 13. The van der Waals surface area contributed by atoms with E-state index in [0.29, 0.717) is 59.6 Å². The highest BCUT2D eigenvalue weighted by Gasteiger charge is 2.37. The van der Waals surface area contributed by atoms with Crippen molar-refractivity contribution < 1.29 is 49.9 Å². The van der Waals surface area contributed by atoms with E-state index in [4.69, 9.17) is 27.9 Å². The predicted molar refractivity (Wildman–Crippen MR) is 540 cm³/mol.